The minimum Gasteiger partial charge on any atom is -0.497 e. The lowest BCUT2D eigenvalue weighted by atomic mass is 10.1. The first-order valence-corrected chi connectivity index (χ1v) is 7.60. The Kier molecular flexibility index (Phi) is 4.97. The summed E-state index contributed by atoms with van der Waals surface area (Å²) in [4.78, 5) is 12.6. The number of hydrogen-bond donors (Lipinski definition) is 1. The summed E-state index contributed by atoms with van der Waals surface area (Å²) in [5, 5.41) is 13.8. The molecule has 0 atom stereocenters. The number of aromatic nitrogens is 4. The van der Waals surface area contributed by atoms with Crippen molar-refractivity contribution in [1.29, 1.82) is 0 Å². The van der Waals surface area contributed by atoms with Crippen LogP contribution in [0.15, 0.2) is 42.7 Å². The van der Waals surface area contributed by atoms with Crippen LogP contribution in [0.4, 0.5) is 5.69 Å². The summed E-state index contributed by atoms with van der Waals surface area (Å²) in [7, 11) is 4.58. The Labute approximate surface area is 149 Å². The monoisotopic (exact) mass is 355 g/mol. The largest absolute Gasteiger partial charge is 0.497 e. The first kappa shape index (κ1) is 17.2. The van der Waals surface area contributed by atoms with Crippen LogP contribution in [0.5, 0.6) is 17.2 Å². The van der Waals surface area contributed by atoms with Gasteiger partial charge >= 0.3 is 0 Å². The molecule has 0 fully saturated rings. The van der Waals surface area contributed by atoms with Gasteiger partial charge in [0.2, 0.25) is 0 Å². The van der Waals surface area contributed by atoms with Gasteiger partial charge in [-0.15, -0.1) is 5.10 Å². The molecule has 0 bridgehead atoms. The van der Waals surface area contributed by atoms with Crippen molar-refractivity contribution in [3.63, 3.8) is 0 Å². The lowest BCUT2D eigenvalue weighted by molar-refractivity contribution is 0.102. The van der Waals surface area contributed by atoms with Gasteiger partial charge in [-0.1, -0.05) is 0 Å². The number of anilines is 1. The molecule has 3 rings (SSSR count). The molecule has 1 N–H and O–H groups in total. The molecule has 0 unspecified atom stereocenters. The van der Waals surface area contributed by atoms with Gasteiger partial charge in [0.25, 0.3) is 5.91 Å². The van der Waals surface area contributed by atoms with Crippen molar-refractivity contribution in [2.45, 2.75) is 0 Å². The highest BCUT2D eigenvalue weighted by molar-refractivity contribution is 6.05. The van der Waals surface area contributed by atoms with Crippen LogP contribution >= 0.6 is 0 Å². The highest BCUT2D eigenvalue weighted by Gasteiger charge is 2.13. The molecule has 0 saturated carbocycles. The maximum Gasteiger partial charge on any atom is 0.255 e. The topological polar surface area (TPSA) is 100 Å². The van der Waals surface area contributed by atoms with E-state index in [1.165, 1.54) is 32.3 Å². The number of nitrogens with zero attached hydrogens (tertiary/aromatic N) is 4. The Balaban J connectivity index is 1.86. The van der Waals surface area contributed by atoms with Crippen molar-refractivity contribution in [2.24, 2.45) is 0 Å². The molecule has 9 heteroatoms. The Morgan fingerprint density at radius 2 is 1.73 bits per heavy atom. The van der Waals surface area contributed by atoms with Gasteiger partial charge in [-0.3, -0.25) is 4.79 Å². The number of methoxy groups -OCH3 is 3. The molecule has 26 heavy (non-hydrogen) atoms. The Hall–Kier alpha value is -3.62. The maximum atomic E-state index is 12.6. The molecule has 9 nitrogen and oxygen atoms in total. The molecule has 0 aliphatic carbocycles. The Morgan fingerprint density at radius 1 is 1.00 bits per heavy atom. The van der Waals surface area contributed by atoms with Gasteiger partial charge in [-0.2, -0.15) is 4.68 Å². The molecule has 1 heterocycles. The van der Waals surface area contributed by atoms with Crippen LogP contribution in [-0.2, 0) is 0 Å². The van der Waals surface area contributed by atoms with Crippen molar-refractivity contribution in [3.05, 3.63) is 48.3 Å². The summed E-state index contributed by atoms with van der Waals surface area (Å²) in [5.41, 5.74) is 1.62. The molecule has 2 aromatic carbocycles. The van der Waals surface area contributed by atoms with Gasteiger partial charge in [0.1, 0.15) is 29.3 Å². The molecule has 0 saturated heterocycles. The zero-order valence-electron chi connectivity index (χ0n) is 14.5. The third-order valence-corrected chi connectivity index (χ3v) is 3.65. The summed E-state index contributed by atoms with van der Waals surface area (Å²) in [6.45, 7) is 0. The number of hydrogen-bond acceptors (Lipinski definition) is 7. The average Bonchev–Trinajstić information content (AvgIpc) is 3.21. The molecule has 0 spiro atoms. The van der Waals surface area contributed by atoms with Gasteiger partial charge in [-0.25, -0.2) is 0 Å². The molecular formula is C17H17N5O4. The standard InChI is InChI=1S/C17H17N5O4/c1-24-13-6-11(7-14(9-13)25-2)17(23)19-12-4-5-15(16(8-12)26-3)22-10-18-20-21-22/h4-10H,1-3H3,(H,19,23). The van der Waals surface area contributed by atoms with Crippen LogP contribution in [0.3, 0.4) is 0 Å². The van der Waals surface area contributed by atoms with Crippen molar-refractivity contribution < 1.29 is 19.0 Å². The number of rotatable bonds is 6. The first-order chi connectivity index (χ1) is 12.6. The lowest BCUT2D eigenvalue weighted by Crippen LogP contribution is -2.12. The summed E-state index contributed by atoms with van der Waals surface area (Å²) in [5.74, 6) is 1.26. The fourth-order valence-corrected chi connectivity index (χ4v) is 2.36. The van der Waals surface area contributed by atoms with Gasteiger partial charge < -0.3 is 19.5 Å². The summed E-state index contributed by atoms with van der Waals surface area (Å²) >= 11 is 0. The average molecular weight is 355 g/mol. The highest BCUT2D eigenvalue weighted by Crippen LogP contribution is 2.27. The summed E-state index contributed by atoms with van der Waals surface area (Å²) in [6.07, 6.45) is 1.46. The number of carbonyl (C=O) groups is 1. The van der Waals surface area contributed by atoms with E-state index in [-0.39, 0.29) is 5.91 Å². The molecule has 1 aromatic heterocycles. The minimum absolute atomic E-state index is 0.306. The minimum atomic E-state index is -0.306. The molecule has 1 amide bonds. The number of benzene rings is 2. The number of amides is 1. The maximum absolute atomic E-state index is 12.6. The second kappa shape index (κ2) is 7.51. The normalized spacial score (nSPS) is 10.3. The SMILES string of the molecule is COc1cc(OC)cc(C(=O)Nc2ccc(-n3cnnn3)c(OC)c2)c1. The lowest BCUT2D eigenvalue weighted by Gasteiger charge is -2.12. The second-order valence-electron chi connectivity index (χ2n) is 5.20. The van der Waals surface area contributed by atoms with Crippen LogP contribution in [0.2, 0.25) is 0 Å². The van der Waals surface area contributed by atoms with E-state index in [9.17, 15) is 4.79 Å². The Bertz CT molecular complexity index is 889. The van der Waals surface area contributed by atoms with Gasteiger partial charge in [0.05, 0.1) is 21.3 Å². The van der Waals surface area contributed by atoms with Crippen molar-refractivity contribution in [3.8, 4) is 22.9 Å². The zero-order chi connectivity index (χ0) is 18.5. The van der Waals surface area contributed by atoms with E-state index in [2.05, 4.69) is 20.8 Å². The molecule has 0 aliphatic heterocycles. The van der Waals surface area contributed by atoms with E-state index < -0.39 is 0 Å². The smallest absolute Gasteiger partial charge is 0.255 e. The quantitative estimate of drug-likeness (QED) is 0.721. The first-order valence-electron chi connectivity index (χ1n) is 7.60. The summed E-state index contributed by atoms with van der Waals surface area (Å²) < 4.78 is 17.2. The molecule has 3 aromatic rings. The number of nitrogens with one attached hydrogen (secondary N) is 1. The van der Waals surface area contributed by atoms with E-state index in [4.69, 9.17) is 14.2 Å². The van der Waals surface area contributed by atoms with Gasteiger partial charge in [-0.05, 0) is 34.7 Å². The van der Waals surface area contributed by atoms with Gasteiger partial charge in [0, 0.05) is 23.4 Å². The van der Waals surface area contributed by atoms with Crippen molar-refractivity contribution in [1.82, 2.24) is 20.2 Å². The van der Waals surface area contributed by atoms with E-state index >= 15 is 0 Å². The fraction of sp³-hybridized carbons (Fsp3) is 0.176. The Morgan fingerprint density at radius 3 is 2.31 bits per heavy atom. The van der Waals surface area contributed by atoms with Crippen LogP contribution in [0.1, 0.15) is 10.4 Å². The predicted octanol–water partition coefficient (Wildman–Crippen LogP) is 1.94. The van der Waals surface area contributed by atoms with Gasteiger partial charge in [0.15, 0.2) is 0 Å². The summed E-state index contributed by atoms with van der Waals surface area (Å²) in [6, 6.07) is 10.1. The molecule has 134 valence electrons. The van der Waals surface area contributed by atoms with Crippen LogP contribution in [0, 0.1) is 0 Å². The van der Waals surface area contributed by atoms with Crippen LogP contribution in [-0.4, -0.2) is 47.4 Å². The van der Waals surface area contributed by atoms with Crippen LogP contribution in [0.25, 0.3) is 5.69 Å². The van der Waals surface area contributed by atoms with Crippen molar-refractivity contribution >= 4 is 11.6 Å². The number of tetrazole rings is 1. The number of ether oxygens (including phenoxy) is 3. The fourth-order valence-electron chi connectivity index (χ4n) is 2.36. The highest BCUT2D eigenvalue weighted by atomic mass is 16.5. The van der Waals surface area contributed by atoms with Crippen LogP contribution < -0.4 is 19.5 Å². The number of carbonyl (C=O) groups excluding carboxylic acids is 1. The zero-order valence-corrected chi connectivity index (χ0v) is 14.5. The van der Waals surface area contributed by atoms with E-state index in [0.29, 0.717) is 34.2 Å². The molecular weight excluding hydrogens is 338 g/mol. The predicted molar refractivity (Wildman–Crippen MR) is 93.2 cm³/mol. The van der Waals surface area contributed by atoms with Crippen molar-refractivity contribution in [2.75, 3.05) is 26.6 Å². The third kappa shape index (κ3) is 3.56. The second-order valence-corrected chi connectivity index (χ2v) is 5.20. The van der Waals surface area contributed by atoms with E-state index in [1.807, 2.05) is 0 Å². The third-order valence-electron chi connectivity index (χ3n) is 3.65. The molecule has 0 aliphatic rings. The van der Waals surface area contributed by atoms with E-state index in [0.717, 1.165) is 0 Å². The molecule has 0 radical (unpaired) electrons. The van der Waals surface area contributed by atoms with E-state index in [1.54, 1.807) is 36.4 Å².